The van der Waals surface area contributed by atoms with Crippen LogP contribution in [0.4, 0.5) is 0 Å². The Labute approximate surface area is 169 Å². The molecule has 1 fully saturated rings. The molecule has 2 aromatic rings. The van der Waals surface area contributed by atoms with E-state index in [4.69, 9.17) is 9.84 Å². The molecular weight excluding hydrogens is 374 g/mol. The van der Waals surface area contributed by atoms with Gasteiger partial charge < -0.3 is 14.7 Å². The van der Waals surface area contributed by atoms with Gasteiger partial charge in [0.05, 0.1) is 24.9 Å². The van der Waals surface area contributed by atoms with Gasteiger partial charge in [-0.25, -0.2) is 4.79 Å². The van der Waals surface area contributed by atoms with Crippen molar-refractivity contribution in [1.82, 2.24) is 14.7 Å². The quantitative estimate of drug-likeness (QED) is 0.685. The van der Waals surface area contributed by atoms with Gasteiger partial charge in [-0.1, -0.05) is 0 Å². The predicted octanol–water partition coefficient (Wildman–Crippen LogP) is 2.81. The van der Waals surface area contributed by atoms with Gasteiger partial charge >= 0.3 is 5.97 Å². The Morgan fingerprint density at radius 3 is 2.38 bits per heavy atom. The number of carboxylic acids is 1. The van der Waals surface area contributed by atoms with Crippen molar-refractivity contribution < 1.29 is 24.2 Å². The van der Waals surface area contributed by atoms with Gasteiger partial charge in [0.15, 0.2) is 5.78 Å². The van der Waals surface area contributed by atoms with E-state index in [9.17, 15) is 14.4 Å². The van der Waals surface area contributed by atoms with Crippen LogP contribution >= 0.6 is 0 Å². The molecule has 1 saturated heterocycles. The van der Waals surface area contributed by atoms with E-state index >= 15 is 0 Å². The molecule has 0 saturated carbocycles. The Morgan fingerprint density at radius 1 is 1.10 bits per heavy atom. The Bertz CT molecular complexity index is 867. The van der Waals surface area contributed by atoms with Crippen LogP contribution in [0.2, 0.25) is 0 Å². The number of carbonyl (C=O) groups is 3. The topological polar surface area (TPSA) is 102 Å². The molecule has 0 spiro atoms. The van der Waals surface area contributed by atoms with Crippen molar-refractivity contribution in [3.8, 4) is 5.75 Å². The molecular formula is C21H25N3O5. The van der Waals surface area contributed by atoms with Gasteiger partial charge in [0.1, 0.15) is 5.75 Å². The number of rotatable bonds is 8. The first kappa shape index (κ1) is 20.6. The second kappa shape index (κ2) is 9.36. The van der Waals surface area contributed by atoms with Crippen LogP contribution in [0.3, 0.4) is 0 Å². The summed E-state index contributed by atoms with van der Waals surface area (Å²) in [5.74, 6) is -0.216. The summed E-state index contributed by atoms with van der Waals surface area (Å²) in [5.41, 5.74) is 0.795. The molecule has 0 aliphatic carbocycles. The first-order valence-electron chi connectivity index (χ1n) is 9.70. The van der Waals surface area contributed by atoms with E-state index in [-0.39, 0.29) is 23.3 Å². The van der Waals surface area contributed by atoms with Crippen molar-refractivity contribution in [2.75, 3.05) is 20.2 Å². The number of carboxylic acid groups (broad SMARTS) is 1. The van der Waals surface area contributed by atoms with Crippen molar-refractivity contribution in [2.45, 2.75) is 38.1 Å². The Kier molecular flexibility index (Phi) is 6.64. The van der Waals surface area contributed by atoms with Crippen LogP contribution in [0.15, 0.2) is 36.7 Å². The average molecular weight is 399 g/mol. The van der Waals surface area contributed by atoms with Crippen LogP contribution in [0.5, 0.6) is 5.75 Å². The van der Waals surface area contributed by atoms with Crippen LogP contribution in [-0.2, 0) is 4.79 Å². The second-order valence-electron chi connectivity index (χ2n) is 7.13. The number of Topliss-reactive ketones (excluding diaryl/α,β-unsaturated/α-hetero) is 1. The lowest BCUT2D eigenvalue weighted by atomic mass is 10.0. The SMILES string of the molecule is COc1ccc(C(=O)CCCC(=O)N2CCC(n3cc(C(=O)O)cn3)CC2)cc1. The summed E-state index contributed by atoms with van der Waals surface area (Å²) >= 11 is 0. The monoisotopic (exact) mass is 399 g/mol. The van der Waals surface area contributed by atoms with Gasteiger partial charge in [-0.2, -0.15) is 5.10 Å². The lowest BCUT2D eigenvalue weighted by molar-refractivity contribution is -0.132. The average Bonchev–Trinajstić information content (AvgIpc) is 3.24. The lowest BCUT2D eigenvalue weighted by Gasteiger charge is -2.32. The van der Waals surface area contributed by atoms with Gasteiger partial charge in [-0.3, -0.25) is 14.3 Å². The fraction of sp³-hybridized carbons (Fsp3) is 0.429. The van der Waals surface area contributed by atoms with Gasteiger partial charge in [0, 0.05) is 37.7 Å². The summed E-state index contributed by atoms with van der Waals surface area (Å²) in [5, 5.41) is 13.1. The molecule has 1 aliphatic rings. The summed E-state index contributed by atoms with van der Waals surface area (Å²) < 4.78 is 6.76. The first-order valence-corrected chi connectivity index (χ1v) is 9.70. The van der Waals surface area contributed by atoms with Gasteiger partial charge in [-0.05, 0) is 43.5 Å². The highest BCUT2D eigenvalue weighted by atomic mass is 16.5. The van der Waals surface area contributed by atoms with Crippen LogP contribution in [0, 0.1) is 0 Å². The fourth-order valence-corrected chi connectivity index (χ4v) is 3.51. The normalized spacial score (nSPS) is 14.6. The van der Waals surface area contributed by atoms with Crippen molar-refractivity contribution >= 4 is 17.7 Å². The molecule has 1 aliphatic heterocycles. The van der Waals surface area contributed by atoms with Crippen molar-refractivity contribution in [2.24, 2.45) is 0 Å². The number of aromatic nitrogens is 2. The summed E-state index contributed by atoms with van der Waals surface area (Å²) in [7, 11) is 1.58. The molecule has 1 amide bonds. The van der Waals surface area contributed by atoms with E-state index in [0.717, 1.165) is 12.8 Å². The highest BCUT2D eigenvalue weighted by Gasteiger charge is 2.24. The molecule has 3 rings (SSSR count). The number of piperidine rings is 1. The summed E-state index contributed by atoms with van der Waals surface area (Å²) in [6.45, 7) is 1.22. The van der Waals surface area contributed by atoms with Gasteiger partial charge in [0.2, 0.25) is 5.91 Å². The minimum Gasteiger partial charge on any atom is -0.497 e. The zero-order valence-corrected chi connectivity index (χ0v) is 16.4. The molecule has 1 aromatic heterocycles. The van der Waals surface area contributed by atoms with E-state index in [2.05, 4.69) is 5.10 Å². The van der Waals surface area contributed by atoms with E-state index in [1.54, 1.807) is 36.1 Å². The molecule has 0 atom stereocenters. The number of carbonyl (C=O) groups excluding carboxylic acids is 2. The molecule has 1 N–H and O–H groups in total. The molecule has 8 nitrogen and oxygen atoms in total. The molecule has 2 heterocycles. The maximum absolute atomic E-state index is 12.4. The van der Waals surface area contributed by atoms with Crippen LogP contribution in [0.25, 0.3) is 0 Å². The molecule has 29 heavy (non-hydrogen) atoms. The number of amides is 1. The number of ketones is 1. The Hall–Kier alpha value is -3.16. The molecule has 1 aromatic carbocycles. The molecule has 8 heteroatoms. The number of aromatic carboxylic acids is 1. The van der Waals surface area contributed by atoms with Gasteiger partial charge in [0.25, 0.3) is 0 Å². The summed E-state index contributed by atoms with van der Waals surface area (Å²) in [6.07, 6.45) is 5.55. The van der Waals surface area contributed by atoms with Crippen molar-refractivity contribution in [1.29, 1.82) is 0 Å². The number of methoxy groups -OCH3 is 1. The van der Waals surface area contributed by atoms with Crippen LogP contribution < -0.4 is 4.74 Å². The first-order chi connectivity index (χ1) is 14.0. The number of hydrogen-bond acceptors (Lipinski definition) is 5. The minimum absolute atomic E-state index is 0.0204. The van der Waals surface area contributed by atoms with E-state index in [1.165, 1.54) is 12.4 Å². The molecule has 0 radical (unpaired) electrons. The maximum Gasteiger partial charge on any atom is 0.338 e. The number of nitrogens with zero attached hydrogens (tertiary/aromatic N) is 3. The van der Waals surface area contributed by atoms with E-state index in [0.29, 0.717) is 43.7 Å². The van der Waals surface area contributed by atoms with E-state index in [1.807, 2.05) is 4.90 Å². The van der Waals surface area contributed by atoms with Gasteiger partial charge in [-0.15, -0.1) is 0 Å². The third-order valence-corrected chi connectivity index (χ3v) is 5.25. The predicted molar refractivity (Wildman–Crippen MR) is 105 cm³/mol. The van der Waals surface area contributed by atoms with Crippen LogP contribution in [-0.4, -0.2) is 57.6 Å². The number of hydrogen-bond donors (Lipinski definition) is 1. The minimum atomic E-state index is -0.993. The standard InChI is InChI=1S/C21H25N3O5/c1-29-18-7-5-15(6-8-18)19(25)3-2-4-20(26)23-11-9-17(10-12-23)24-14-16(13-22-24)21(27)28/h5-8,13-14,17H,2-4,9-12H2,1H3,(H,27,28). The largest absolute Gasteiger partial charge is 0.497 e. The zero-order valence-electron chi connectivity index (χ0n) is 16.4. The maximum atomic E-state index is 12.4. The zero-order chi connectivity index (χ0) is 20.8. The summed E-state index contributed by atoms with van der Waals surface area (Å²) in [6, 6.07) is 7.07. The highest BCUT2D eigenvalue weighted by Crippen LogP contribution is 2.23. The fourth-order valence-electron chi connectivity index (χ4n) is 3.51. The molecule has 154 valence electrons. The third-order valence-electron chi connectivity index (χ3n) is 5.25. The molecule has 0 unspecified atom stereocenters. The number of ether oxygens (including phenoxy) is 1. The van der Waals surface area contributed by atoms with E-state index < -0.39 is 5.97 Å². The summed E-state index contributed by atoms with van der Waals surface area (Å²) in [4.78, 5) is 37.5. The third kappa shape index (κ3) is 5.22. The smallest absolute Gasteiger partial charge is 0.338 e. The lowest BCUT2D eigenvalue weighted by Crippen LogP contribution is -2.39. The molecule has 0 bridgehead atoms. The number of benzene rings is 1. The Balaban J connectivity index is 1.41. The van der Waals surface area contributed by atoms with Crippen molar-refractivity contribution in [3.05, 3.63) is 47.8 Å². The Morgan fingerprint density at radius 2 is 1.79 bits per heavy atom. The van der Waals surface area contributed by atoms with Crippen molar-refractivity contribution in [3.63, 3.8) is 0 Å². The second-order valence-corrected chi connectivity index (χ2v) is 7.13. The highest BCUT2D eigenvalue weighted by molar-refractivity contribution is 5.96. The van der Waals surface area contributed by atoms with Crippen LogP contribution in [0.1, 0.15) is 58.9 Å². The number of likely N-dealkylation sites (tertiary alicyclic amines) is 1.